The third-order valence-electron chi connectivity index (χ3n) is 5.31. The van der Waals surface area contributed by atoms with Crippen LogP contribution in [0, 0.1) is 0 Å². The highest BCUT2D eigenvalue weighted by molar-refractivity contribution is 7.92. The largest absolute Gasteiger partial charge is 0.368 e. The summed E-state index contributed by atoms with van der Waals surface area (Å²) in [6, 6.07) is 15.0. The van der Waals surface area contributed by atoms with E-state index < -0.39 is 10.0 Å². The highest BCUT2D eigenvalue weighted by Crippen LogP contribution is 2.29. The zero-order chi connectivity index (χ0) is 21.9. The second-order valence-corrected chi connectivity index (χ2v) is 10.2. The lowest BCUT2D eigenvalue weighted by Gasteiger charge is -2.37. The van der Waals surface area contributed by atoms with E-state index in [-0.39, 0.29) is 18.4 Å². The molecule has 1 aliphatic heterocycles. The Balaban J connectivity index is 1.72. The molecule has 0 saturated carbocycles. The highest BCUT2D eigenvalue weighted by atomic mass is 35.5. The maximum absolute atomic E-state index is 13.0. The van der Waals surface area contributed by atoms with E-state index in [0.717, 1.165) is 17.5 Å². The van der Waals surface area contributed by atoms with E-state index in [1.165, 1.54) is 4.31 Å². The van der Waals surface area contributed by atoms with E-state index in [1.807, 2.05) is 50.2 Å². The topological polar surface area (TPSA) is 60.9 Å². The molecule has 2 aromatic rings. The molecule has 0 unspecified atom stereocenters. The van der Waals surface area contributed by atoms with E-state index in [9.17, 15) is 13.2 Å². The van der Waals surface area contributed by atoms with Gasteiger partial charge in [0.25, 0.3) is 0 Å². The molecule has 8 heteroatoms. The maximum atomic E-state index is 13.0. The van der Waals surface area contributed by atoms with Gasteiger partial charge in [0, 0.05) is 36.9 Å². The number of hydrogen-bond acceptors (Lipinski definition) is 4. The minimum absolute atomic E-state index is 0.141. The zero-order valence-corrected chi connectivity index (χ0v) is 19.2. The summed E-state index contributed by atoms with van der Waals surface area (Å²) in [7, 11) is -3.61. The second-order valence-electron chi connectivity index (χ2n) is 7.83. The predicted octanol–water partition coefficient (Wildman–Crippen LogP) is 3.58. The molecule has 0 bridgehead atoms. The van der Waals surface area contributed by atoms with Crippen LogP contribution in [-0.4, -0.2) is 58.2 Å². The molecule has 0 N–H and O–H groups in total. The van der Waals surface area contributed by atoms with Crippen molar-refractivity contribution in [3.05, 3.63) is 59.1 Å². The Hall–Kier alpha value is -2.25. The van der Waals surface area contributed by atoms with Gasteiger partial charge in [-0.25, -0.2) is 8.42 Å². The van der Waals surface area contributed by atoms with Crippen molar-refractivity contribution in [3.63, 3.8) is 0 Å². The first-order valence-electron chi connectivity index (χ1n) is 10.0. The number of anilines is 2. The van der Waals surface area contributed by atoms with Gasteiger partial charge in [0.1, 0.15) is 6.54 Å². The van der Waals surface area contributed by atoms with Crippen molar-refractivity contribution in [1.29, 1.82) is 0 Å². The average molecular weight is 450 g/mol. The number of hydrogen-bond donors (Lipinski definition) is 0. The Kier molecular flexibility index (Phi) is 6.93. The quantitative estimate of drug-likeness (QED) is 0.676. The fourth-order valence-corrected chi connectivity index (χ4v) is 4.75. The van der Waals surface area contributed by atoms with Gasteiger partial charge in [-0.05, 0) is 35.7 Å². The molecule has 0 aliphatic carbocycles. The molecule has 6 nitrogen and oxygen atoms in total. The number of benzene rings is 2. The van der Waals surface area contributed by atoms with Gasteiger partial charge in [0.05, 0.1) is 11.9 Å². The van der Waals surface area contributed by atoms with Crippen LogP contribution in [-0.2, 0) is 14.8 Å². The van der Waals surface area contributed by atoms with Crippen LogP contribution in [0.25, 0.3) is 0 Å². The predicted molar refractivity (Wildman–Crippen MR) is 123 cm³/mol. The second kappa shape index (κ2) is 9.27. The van der Waals surface area contributed by atoms with Gasteiger partial charge in [-0.3, -0.25) is 9.10 Å². The molecule has 1 amide bonds. The third kappa shape index (κ3) is 5.26. The van der Waals surface area contributed by atoms with Crippen molar-refractivity contribution < 1.29 is 13.2 Å². The number of nitrogens with zero attached hydrogens (tertiary/aromatic N) is 3. The summed E-state index contributed by atoms with van der Waals surface area (Å²) < 4.78 is 26.3. The Labute approximate surface area is 184 Å². The molecule has 0 radical (unpaired) electrons. The molecule has 2 aromatic carbocycles. The first kappa shape index (κ1) is 22.4. The highest BCUT2D eigenvalue weighted by Gasteiger charge is 2.28. The van der Waals surface area contributed by atoms with Gasteiger partial charge >= 0.3 is 0 Å². The van der Waals surface area contributed by atoms with Crippen molar-refractivity contribution in [2.24, 2.45) is 0 Å². The molecule has 1 fully saturated rings. The lowest BCUT2D eigenvalue weighted by Crippen LogP contribution is -2.52. The van der Waals surface area contributed by atoms with Crippen molar-refractivity contribution in [1.82, 2.24) is 4.90 Å². The fraction of sp³-hybridized carbons (Fsp3) is 0.409. The number of sulfonamides is 1. The summed E-state index contributed by atoms with van der Waals surface area (Å²) in [6.07, 6.45) is 1.15. The van der Waals surface area contributed by atoms with Crippen LogP contribution in [0.3, 0.4) is 0 Å². The van der Waals surface area contributed by atoms with Crippen molar-refractivity contribution >= 4 is 38.9 Å². The summed E-state index contributed by atoms with van der Waals surface area (Å²) in [4.78, 5) is 16.9. The normalized spacial score (nSPS) is 14.8. The number of carbonyl (C=O) groups excluding carboxylic acids is 1. The maximum Gasteiger partial charge on any atom is 0.243 e. The van der Waals surface area contributed by atoms with Gasteiger partial charge < -0.3 is 9.80 Å². The molecule has 3 rings (SSSR count). The SMILES string of the molecule is CC(C)c1ccccc1N(CC(=O)N1CCN(c2cccc(Cl)c2)CC1)S(C)(=O)=O. The summed E-state index contributed by atoms with van der Waals surface area (Å²) >= 11 is 6.08. The van der Waals surface area contributed by atoms with Gasteiger partial charge in [0.2, 0.25) is 15.9 Å². The van der Waals surface area contributed by atoms with Crippen molar-refractivity contribution in [2.75, 3.05) is 48.2 Å². The number of piperazine rings is 1. The Morgan fingerprint density at radius 1 is 1.07 bits per heavy atom. The van der Waals surface area contributed by atoms with Crippen LogP contribution in [0.5, 0.6) is 0 Å². The van der Waals surface area contributed by atoms with Crippen molar-refractivity contribution in [3.8, 4) is 0 Å². The van der Waals surface area contributed by atoms with E-state index in [2.05, 4.69) is 4.90 Å². The van der Waals surface area contributed by atoms with E-state index >= 15 is 0 Å². The Morgan fingerprint density at radius 3 is 2.33 bits per heavy atom. The van der Waals surface area contributed by atoms with E-state index in [1.54, 1.807) is 17.0 Å². The molecule has 30 heavy (non-hydrogen) atoms. The minimum atomic E-state index is -3.61. The smallest absolute Gasteiger partial charge is 0.243 e. The average Bonchev–Trinajstić information content (AvgIpc) is 2.71. The Morgan fingerprint density at radius 2 is 1.73 bits per heavy atom. The number of carbonyl (C=O) groups is 1. The molecule has 0 aromatic heterocycles. The summed E-state index contributed by atoms with van der Waals surface area (Å²) in [5.74, 6) is -0.0495. The molecule has 0 spiro atoms. The first-order valence-corrected chi connectivity index (χ1v) is 12.2. The molecule has 1 saturated heterocycles. The van der Waals surface area contributed by atoms with Crippen LogP contribution < -0.4 is 9.21 Å². The van der Waals surface area contributed by atoms with Crippen LogP contribution in [0.1, 0.15) is 25.3 Å². The van der Waals surface area contributed by atoms with Gasteiger partial charge in [-0.15, -0.1) is 0 Å². The van der Waals surface area contributed by atoms with E-state index in [4.69, 9.17) is 11.6 Å². The van der Waals surface area contributed by atoms with Crippen LogP contribution in [0.2, 0.25) is 5.02 Å². The lowest BCUT2D eigenvalue weighted by atomic mass is 10.0. The van der Waals surface area contributed by atoms with Gasteiger partial charge in [0.15, 0.2) is 0 Å². The standard InChI is InChI=1S/C22H28ClN3O3S/c1-17(2)20-9-4-5-10-21(20)26(30(3,28)29)16-22(27)25-13-11-24(12-14-25)19-8-6-7-18(23)15-19/h4-10,15,17H,11-14,16H2,1-3H3. The van der Waals surface area contributed by atoms with Gasteiger partial charge in [-0.2, -0.15) is 0 Å². The number of halogens is 1. The molecule has 1 aliphatic rings. The van der Waals surface area contributed by atoms with Gasteiger partial charge in [-0.1, -0.05) is 49.7 Å². The first-order chi connectivity index (χ1) is 14.2. The van der Waals surface area contributed by atoms with E-state index in [0.29, 0.717) is 36.9 Å². The minimum Gasteiger partial charge on any atom is -0.368 e. The zero-order valence-electron chi connectivity index (χ0n) is 17.6. The van der Waals surface area contributed by atoms with Crippen LogP contribution in [0.4, 0.5) is 11.4 Å². The molecule has 162 valence electrons. The Bertz CT molecular complexity index is 1000. The summed E-state index contributed by atoms with van der Waals surface area (Å²) in [6.45, 7) is 6.25. The number of para-hydroxylation sites is 1. The molecular weight excluding hydrogens is 422 g/mol. The fourth-order valence-electron chi connectivity index (χ4n) is 3.69. The number of rotatable bonds is 6. The summed E-state index contributed by atoms with van der Waals surface area (Å²) in [5, 5.41) is 0.679. The van der Waals surface area contributed by atoms with Crippen LogP contribution in [0.15, 0.2) is 48.5 Å². The van der Waals surface area contributed by atoms with Crippen LogP contribution >= 0.6 is 11.6 Å². The monoisotopic (exact) mass is 449 g/mol. The van der Waals surface area contributed by atoms with Crippen molar-refractivity contribution in [2.45, 2.75) is 19.8 Å². The number of amides is 1. The third-order valence-corrected chi connectivity index (χ3v) is 6.67. The summed E-state index contributed by atoms with van der Waals surface area (Å²) in [5.41, 5.74) is 2.50. The molecule has 1 heterocycles. The lowest BCUT2D eigenvalue weighted by molar-refractivity contribution is -0.129. The molecular formula is C22H28ClN3O3S. The molecule has 0 atom stereocenters.